The molecule has 138 valence electrons. The molecule has 0 amide bonds. The van der Waals surface area contributed by atoms with Gasteiger partial charge in [0, 0.05) is 17.8 Å². The first-order valence-electron chi connectivity index (χ1n) is 9.01. The lowest BCUT2D eigenvalue weighted by molar-refractivity contribution is 0.0520. The summed E-state index contributed by atoms with van der Waals surface area (Å²) in [6.07, 6.45) is 7.24. The molecule has 26 heavy (non-hydrogen) atoms. The van der Waals surface area contributed by atoms with Crippen LogP contribution in [0.5, 0.6) is 0 Å². The molecule has 0 aliphatic carbocycles. The summed E-state index contributed by atoms with van der Waals surface area (Å²) in [6.45, 7) is 10.1. The van der Waals surface area contributed by atoms with E-state index in [2.05, 4.69) is 15.0 Å². The van der Waals surface area contributed by atoms with E-state index >= 15 is 0 Å². The molecule has 1 N–H and O–H groups in total. The molecule has 3 heterocycles. The molecule has 0 bridgehead atoms. The third-order valence-corrected chi connectivity index (χ3v) is 3.13. The van der Waals surface area contributed by atoms with Gasteiger partial charge in [-0.1, -0.05) is 33.8 Å². The number of carbonyl (C=O) groups is 1. The second-order valence-corrected chi connectivity index (χ2v) is 4.69. The van der Waals surface area contributed by atoms with Crippen molar-refractivity contribution < 1.29 is 9.53 Å². The van der Waals surface area contributed by atoms with Crippen LogP contribution in [-0.2, 0) is 4.74 Å². The number of pyridine rings is 2. The lowest BCUT2D eigenvalue weighted by Gasteiger charge is -1.97. The van der Waals surface area contributed by atoms with Gasteiger partial charge in [-0.2, -0.15) is 0 Å². The zero-order chi connectivity index (χ0) is 19.4. The Morgan fingerprint density at radius 1 is 1.15 bits per heavy atom. The van der Waals surface area contributed by atoms with Gasteiger partial charge in [-0.05, 0) is 48.9 Å². The molecule has 0 aromatic carbocycles. The number of ether oxygens (including phenoxy) is 1. The molecule has 0 saturated heterocycles. The van der Waals surface area contributed by atoms with Gasteiger partial charge >= 0.3 is 5.97 Å². The van der Waals surface area contributed by atoms with Crippen LogP contribution in [0.4, 0.5) is 0 Å². The Hall–Kier alpha value is -2.95. The van der Waals surface area contributed by atoms with Gasteiger partial charge < -0.3 is 9.72 Å². The van der Waals surface area contributed by atoms with Gasteiger partial charge in [-0.3, -0.25) is 0 Å². The maximum absolute atomic E-state index is 11.6. The van der Waals surface area contributed by atoms with Crippen LogP contribution in [-0.4, -0.2) is 27.5 Å². The maximum Gasteiger partial charge on any atom is 0.354 e. The highest BCUT2D eigenvalue weighted by molar-refractivity contribution is 5.88. The molecule has 0 atom stereocenters. The number of aromatic amines is 1. The number of H-pyrrole nitrogens is 1. The van der Waals surface area contributed by atoms with Crippen LogP contribution in [0.2, 0.25) is 0 Å². The van der Waals surface area contributed by atoms with Gasteiger partial charge in [0.15, 0.2) is 5.65 Å². The summed E-state index contributed by atoms with van der Waals surface area (Å²) in [6, 6.07) is 9.51. The Morgan fingerprint density at radius 2 is 1.92 bits per heavy atom. The van der Waals surface area contributed by atoms with Gasteiger partial charge in [0.05, 0.1) is 12.3 Å². The number of rotatable bonds is 4. The van der Waals surface area contributed by atoms with Crippen LogP contribution in [0, 0.1) is 0 Å². The normalized spacial score (nSPS) is 9.88. The third-order valence-electron chi connectivity index (χ3n) is 3.13. The fraction of sp³-hybridized carbons (Fsp3) is 0.286. The van der Waals surface area contributed by atoms with E-state index in [1.807, 2.05) is 64.1 Å². The van der Waals surface area contributed by atoms with E-state index in [1.54, 1.807) is 25.4 Å². The summed E-state index contributed by atoms with van der Waals surface area (Å²) in [5.41, 5.74) is 2.84. The van der Waals surface area contributed by atoms with E-state index in [4.69, 9.17) is 4.74 Å². The number of fused-ring (bicyclic) bond motifs is 1. The van der Waals surface area contributed by atoms with Crippen molar-refractivity contribution in [3.05, 3.63) is 59.7 Å². The van der Waals surface area contributed by atoms with E-state index in [1.165, 1.54) is 0 Å². The highest BCUT2D eigenvalue weighted by Gasteiger charge is 2.07. The lowest BCUT2D eigenvalue weighted by atomic mass is 10.2. The Labute approximate surface area is 155 Å². The molecule has 0 saturated carbocycles. The smallest absolute Gasteiger partial charge is 0.354 e. The molecule has 0 radical (unpaired) electrons. The fourth-order valence-corrected chi connectivity index (χ4v) is 2.08. The van der Waals surface area contributed by atoms with Gasteiger partial charge in [0.2, 0.25) is 0 Å². The van der Waals surface area contributed by atoms with Crippen LogP contribution in [0.1, 0.15) is 56.4 Å². The topological polar surface area (TPSA) is 67.9 Å². The van der Waals surface area contributed by atoms with Gasteiger partial charge in [-0.25, -0.2) is 14.8 Å². The van der Waals surface area contributed by atoms with E-state index < -0.39 is 0 Å². The summed E-state index contributed by atoms with van der Waals surface area (Å²) in [4.78, 5) is 23.2. The summed E-state index contributed by atoms with van der Waals surface area (Å²) < 4.78 is 4.94. The quantitative estimate of drug-likeness (QED) is 0.641. The predicted molar refractivity (Wildman–Crippen MR) is 108 cm³/mol. The van der Waals surface area contributed by atoms with E-state index in [0.717, 1.165) is 16.6 Å². The summed E-state index contributed by atoms with van der Waals surface area (Å²) in [5.74, 6) is -0.352. The largest absolute Gasteiger partial charge is 0.461 e. The van der Waals surface area contributed by atoms with Crippen molar-refractivity contribution in [1.29, 1.82) is 0 Å². The molecule has 0 fully saturated rings. The number of nitrogens with zero attached hydrogens (tertiary/aromatic N) is 2. The molecule has 3 aromatic heterocycles. The predicted octanol–water partition coefficient (Wildman–Crippen LogP) is 5.36. The second kappa shape index (κ2) is 11.6. The van der Waals surface area contributed by atoms with Crippen LogP contribution < -0.4 is 0 Å². The van der Waals surface area contributed by atoms with Gasteiger partial charge in [0.1, 0.15) is 5.69 Å². The first-order valence-corrected chi connectivity index (χ1v) is 9.01. The first kappa shape index (κ1) is 21.1. The first-order chi connectivity index (χ1) is 12.8. The van der Waals surface area contributed by atoms with Crippen molar-refractivity contribution in [2.24, 2.45) is 0 Å². The van der Waals surface area contributed by atoms with Crippen LogP contribution in [0.3, 0.4) is 0 Å². The standard InChI is InChI=1S/C17H15N3O2.2C2H6/c1-2-22-17(21)15-10-12(11-19-15)5-7-14-8-6-13-4-3-9-18-16(13)20-14;2*1-2/h3-11,19H,2H2,1H3;2*1-2H3/b7-5+;;. The number of hydrogen-bond donors (Lipinski definition) is 1. The minimum absolute atomic E-state index is 0.352. The average molecular weight is 353 g/mol. The lowest BCUT2D eigenvalue weighted by Crippen LogP contribution is -2.04. The highest BCUT2D eigenvalue weighted by atomic mass is 16.5. The number of hydrogen-bond acceptors (Lipinski definition) is 4. The van der Waals surface area contributed by atoms with Crippen LogP contribution >= 0.6 is 0 Å². The fourth-order valence-electron chi connectivity index (χ4n) is 2.08. The van der Waals surface area contributed by atoms with Crippen molar-refractivity contribution in [3.63, 3.8) is 0 Å². The number of esters is 1. The van der Waals surface area contributed by atoms with Crippen molar-refractivity contribution >= 4 is 29.2 Å². The molecule has 3 rings (SSSR count). The third kappa shape index (κ3) is 5.84. The monoisotopic (exact) mass is 353 g/mol. The Bertz CT molecular complexity index is 838. The molecule has 5 nitrogen and oxygen atoms in total. The van der Waals surface area contributed by atoms with E-state index in [-0.39, 0.29) is 5.97 Å². The Balaban J connectivity index is 0.000000791. The number of nitrogens with one attached hydrogen (secondary N) is 1. The summed E-state index contributed by atoms with van der Waals surface area (Å²) in [7, 11) is 0. The zero-order valence-corrected chi connectivity index (χ0v) is 16.1. The summed E-state index contributed by atoms with van der Waals surface area (Å²) in [5, 5.41) is 1.01. The molecule has 0 aliphatic heterocycles. The SMILES string of the molecule is CC.CC.CCOC(=O)c1cc(/C=C/c2ccc3cccnc3n2)c[nH]1. The van der Waals surface area contributed by atoms with Gasteiger partial charge in [-0.15, -0.1) is 0 Å². The average Bonchev–Trinajstić information content (AvgIpc) is 3.19. The van der Waals surface area contributed by atoms with Crippen molar-refractivity contribution in [2.75, 3.05) is 6.61 Å². The minimum atomic E-state index is -0.352. The Kier molecular flexibility index (Phi) is 9.39. The van der Waals surface area contributed by atoms with Crippen LogP contribution in [0.25, 0.3) is 23.2 Å². The Morgan fingerprint density at radius 3 is 2.65 bits per heavy atom. The summed E-state index contributed by atoms with van der Waals surface area (Å²) >= 11 is 0. The molecule has 0 spiro atoms. The van der Waals surface area contributed by atoms with Crippen molar-refractivity contribution in [3.8, 4) is 0 Å². The van der Waals surface area contributed by atoms with E-state index in [0.29, 0.717) is 17.9 Å². The minimum Gasteiger partial charge on any atom is -0.461 e. The number of carbonyl (C=O) groups excluding carboxylic acids is 1. The molecule has 0 unspecified atom stereocenters. The van der Waals surface area contributed by atoms with Gasteiger partial charge in [0.25, 0.3) is 0 Å². The second-order valence-electron chi connectivity index (χ2n) is 4.69. The molecular weight excluding hydrogens is 326 g/mol. The highest BCUT2D eigenvalue weighted by Crippen LogP contribution is 2.13. The van der Waals surface area contributed by atoms with E-state index in [9.17, 15) is 4.79 Å². The van der Waals surface area contributed by atoms with Crippen LogP contribution in [0.15, 0.2) is 42.7 Å². The maximum atomic E-state index is 11.6. The molecule has 3 aromatic rings. The molecule has 0 aliphatic rings. The molecule has 5 heteroatoms. The zero-order valence-electron chi connectivity index (χ0n) is 16.1. The number of aromatic nitrogens is 3. The van der Waals surface area contributed by atoms with Crippen molar-refractivity contribution in [2.45, 2.75) is 34.6 Å². The van der Waals surface area contributed by atoms with Crippen molar-refractivity contribution in [1.82, 2.24) is 15.0 Å². The molecular formula is C21H27N3O2.